The lowest BCUT2D eigenvalue weighted by Gasteiger charge is -2.27. The van der Waals surface area contributed by atoms with Crippen molar-refractivity contribution in [3.05, 3.63) is 35.9 Å². The molecule has 1 aromatic carbocycles. The number of hydrogen-bond donors (Lipinski definition) is 2. The third kappa shape index (κ3) is 6.60. The van der Waals surface area contributed by atoms with Crippen molar-refractivity contribution in [1.82, 2.24) is 15.5 Å². The van der Waals surface area contributed by atoms with Gasteiger partial charge in [0.2, 0.25) is 5.91 Å². The fourth-order valence-corrected chi connectivity index (χ4v) is 2.07. The van der Waals surface area contributed by atoms with Crippen molar-refractivity contribution in [3.8, 4) is 0 Å². The Hall–Kier alpha value is -2.04. The van der Waals surface area contributed by atoms with Crippen molar-refractivity contribution in [2.75, 3.05) is 27.2 Å². The van der Waals surface area contributed by atoms with E-state index in [1.54, 1.807) is 19.0 Å². The third-order valence-electron chi connectivity index (χ3n) is 4.12. The Balaban J connectivity index is 2.77. The van der Waals surface area contributed by atoms with Crippen LogP contribution < -0.4 is 10.6 Å². The van der Waals surface area contributed by atoms with E-state index in [2.05, 4.69) is 67.6 Å². The standard InChI is InChI=1S/C19H32N4O/c1-7-15(2)22-18(20-13-17(24)23(5)6)21-14-19(3,4)16-11-9-8-10-12-16/h8-12,15H,7,13-14H2,1-6H3,(H2,20,21,22). The summed E-state index contributed by atoms with van der Waals surface area (Å²) in [4.78, 5) is 17.8. The molecular formula is C19H32N4O. The first kappa shape index (κ1) is 20.0. The highest BCUT2D eigenvalue weighted by molar-refractivity contribution is 5.85. The second-order valence-corrected chi connectivity index (χ2v) is 7.01. The fourth-order valence-electron chi connectivity index (χ4n) is 2.07. The molecule has 1 aromatic rings. The van der Waals surface area contributed by atoms with E-state index >= 15 is 0 Å². The van der Waals surface area contributed by atoms with Gasteiger partial charge in [0.1, 0.15) is 6.54 Å². The molecule has 1 atom stereocenters. The van der Waals surface area contributed by atoms with E-state index in [0.29, 0.717) is 12.0 Å². The number of amides is 1. The van der Waals surface area contributed by atoms with Gasteiger partial charge in [-0.1, -0.05) is 51.1 Å². The van der Waals surface area contributed by atoms with Crippen molar-refractivity contribution >= 4 is 11.9 Å². The summed E-state index contributed by atoms with van der Waals surface area (Å²) in [5.41, 5.74) is 1.23. The quantitative estimate of drug-likeness (QED) is 0.595. The molecule has 2 N–H and O–H groups in total. The summed E-state index contributed by atoms with van der Waals surface area (Å²) in [6, 6.07) is 10.7. The van der Waals surface area contributed by atoms with Crippen molar-refractivity contribution in [3.63, 3.8) is 0 Å². The smallest absolute Gasteiger partial charge is 0.243 e. The van der Waals surface area contributed by atoms with Crippen LogP contribution in [0, 0.1) is 0 Å². The van der Waals surface area contributed by atoms with Gasteiger partial charge in [-0.05, 0) is 18.9 Å². The van der Waals surface area contributed by atoms with Gasteiger partial charge in [-0.25, -0.2) is 4.99 Å². The zero-order chi connectivity index (χ0) is 18.2. The number of likely N-dealkylation sites (N-methyl/N-ethyl adjacent to an activating group) is 1. The molecule has 0 radical (unpaired) electrons. The summed E-state index contributed by atoms with van der Waals surface area (Å²) in [5.74, 6) is 0.672. The maximum Gasteiger partial charge on any atom is 0.243 e. The van der Waals surface area contributed by atoms with Crippen LogP contribution in [0.15, 0.2) is 35.3 Å². The molecule has 1 rings (SSSR count). The molecule has 0 saturated heterocycles. The van der Waals surface area contributed by atoms with Gasteiger partial charge in [0.25, 0.3) is 0 Å². The van der Waals surface area contributed by atoms with E-state index in [0.717, 1.165) is 13.0 Å². The van der Waals surface area contributed by atoms with Crippen molar-refractivity contribution in [2.45, 2.75) is 45.6 Å². The number of nitrogens with one attached hydrogen (secondary N) is 2. The molecular weight excluding hydrogens is 300 g/mol. The lowest BCUT2D eigenvalue weighted by atomic mass is 9.85. The van der Waals surface area contributed by atoms with Gasteiger partial charge in [-0.15, -0.1) is 0 Å². The number of hydrogen-bond acceptors (Lipinski definition) is 2. The Morgan fingerprint density at radius 2 is 1.88 bits per heavy atom. The topological polar surface area (TPSA) is 56.7 Å². The molecule has 0 aliphatic heterocycles. The van der Waals surface area contributed by atoms with Crippen LogP contribution >= 0.6 is 0 Å². The Morgan fingerprint density at radius 1 is 1.25 bits per heavy atom. The SMILES string of the molecule is CCC(C)NC(=NCC(=O)N(C)C)NCC(C)(C)c1ccccc1. The van der Waals surface area contributed by atoms with Gasteiger partial charge in [0.05, 0.1) is 0 Å². The minimum atomic E-state index is -0.0370. The third-order valence-corrected chi connectivity index (χ3v) is 4.12. The summed E-state index contributed by atoms with van der Waals surface area (Å²) in [6.45, 7) is 9.49. The highest BCUT2D eigenvalue weighted by Gasteiger charge is 2.21. The number of rotatable bonds is 7. The van der Waals surface area contributed by atoms with Gasteiger partial charge >= 0.3 is 0 Å². The van der Waals surface area contributed by atoms with Crippen LogP contribution in [-0.2, 0) is 10.2 Å². The number of carbonyl (C=O) groups excluding carboxylic acids is 1. The van der Waals surface area contributed by atoms with Gasteiger partial charge < -0.3 is 15.5 Å². The van der Waals surface area contributed by atoms with Crippen LogP contribution in [0.5, 0.6) is 0 Å². The number of aliphatic imine (C=N–C) groups is 1. The first-order chi connectivity index (χ1) is 11.3. The molecule has 134 valence electrons. The number of nitrogens with zero attached hydrogens (tertiary/aromatic N) is 2. The molecule has 1 unspecified atom stereocenters. The minimum absolute atomic E-state index is 0.0115. The van der Waals surface area contributed by atoms with Crippen LogP contribution in [-0.4, -0.2) is 50.0 Å². The fraction of sp³-hybridized carbons (Fsp3) is 0.579. The predicted octanol–water partition coefficient (Wildman–Crippen LogP) is 2.39. The van der Waals surface area contributed by atoms with E-state index in [1.165, 1.54) is 5.56 Å². The van der Waals surface area contributed by atoms with Crippen LogP contribution in [0.2, 0.25) is 0 Å². The highest BCUT2D eigenvalue weighted by Crippen LogP contribution is 2.21. The largest absolute Gasteiger partial charge is 0.356 e. The molecule has 0 fully saturated rings. The first-order valence-electron chi connectivity index (χ1n) is 8.56. The van der Waals surface area contributed by atoms with Crippen molar-refractivity contribution in [2.24, 2.45) is 4.99 Å². The lowest BCUT2D eigenvalue weighted by Crippen LogP contribution is -2.46. The maximum absolute atomic E-state index is 11.8. The Kier molecular flexibility index (Phi) is 7.75. The van der Waals surface area contributed by atoms with Gasteiger partial charge in [-0.2, -0.15) is 0 Å². The summed E-state index contributed by atoms with van der Waals surface area (Å²) >= 11 is 0. The number of benzene rings is 1. The molecule has 0 spiro atoms. The first-order valence-corrected chi connectivity index (χ1v) is 8.56. The lowest BCUT2D eigenvalue weighted by molar-refractivity contribution is -0.127. The summed E-state index contributed by atoms with van der Waals surface area (Å²) in [6.07, 6.45) is 0.990. The monoisotopic (exact) mass is 332 g/mol. The Labute approximate surface area is 146 Å². The summed E-state index contributed by atoms with van der Waals surface area (Å²) in [5, 5.41) is 6.74. The molecule has 0 bridgehead atoms. The van der Waals surface area contributed by atoms with Gasteiger partial charge in [0.15, 0.2) is 5.96 Å². The van der Waals surface area contributed by atoms with E-state index in [4.69, 9.17) is 0 Å². The average molecular weight is 332 g/mol. The number of carbonyl (C=O) groups is 1. The normalized spacial score (nSPS) is 13.3. The van der Waals surface area contributed by atoms with Crippen molar-refractivity contribution < 1.29 is 4.79 Å². The van der Waals surface area contributed by atoms with E-state index in [-0.39, 0.29) is 17.9 Å². The molecule has 24 heavy (non-hydrogen) atoms. The molecule has 0 aliphatic carbocycles. The van der Waals surface area contributed by atoms with E-state index < -0.39 is 0 Å². The second-order valence-electron chi connectivity index (χ2n) is 7.01. The summed E-state index contributed by atoms with van der Waals surface area (Å²) < 4.78 is 0. The van der Waals surface area contributed by atoms with Crippen LogP contribution in [0.25, 0.3) is 0 Å². The van der Waals surface area contributed by atoms with Crippen molar-refractivity contribution in [1.29, 1.82) is 0 Å². The zero-order valence-electron chi connectivity index (χ0n) is 15.9. The summed E-state index contributed by atoms with van der Waals surface area (Å²) in [7, 11) is 3.48. The van der Waals surface area contributed by atoms with Crippen LogP contribution in [0.1, 0.15) is 39.7 Å². The molecule has 0 saturated carbocycles. The molecule has 5 heteroatoms. The minimum Gasteiger partial charge on any atom is -0.356 e. The average Bonchev–Trinajstić information content (AvgIpc) is 2.57. The molecule has 5 nitrogen and oxygen atoms in total. The highest BCUT2D eigenvalue weighted by atomic mass is 16.2. The maximum atomic E-state index is 11.8. The molecule has 0 aliphatic rings. The predicted molar refractivity (Wildman–Crippen MR) is 101 cm³/mol. The van der Waals surface area contributed by atoms with Crippen LogP contribution in [0.3, 0.4) is 0 Å². The van der Waals surface area contributed by atoms with Crippen LogP contribution in [0.4, 0.5) is 0 Å². The Bertz CT molecular complexity index is 538. The van der Waals surface area contributed by atoms with Gasteiger partial charge in [-0.3, -0.25) is 4.79 Å². The molecule has 0 aromatic heterocycles. The van der Waals surface area contributed by atoms with E-state index in [9.17, 15) is 4.79 Å². The zero-order valence-corrected chi connectivity index (χ0v) is 15.9. The Morgan fingerprint density at radius 3 is 2.42 bits per heavy atom. The number of guanidine groups is 1. The van der Waals surface area contributed by atoms with Gasteiger partial charge in [0, 0.05) is 32.1 Å². The molecule has 0 heterocycles. The molecule has 1 amide bonds. The van der Waals surface area contributed by atoms with E-state index in [1.807, 2.05) is 6.07 Å². The second kappa shape index (κ2) is 9.30.